The van der Waals surface area contributed by atoms with E-state index in [2.05, 4.69) is 5.32 Å². The summed E-state index contributed by atoms with van der Waals surface area (Å²) in [4.78, 5) is 10.3. The van der Waals surface area contributed by atoms with Gasteiger partial charge in [-0.2, -0.15) is 5.26 Å². The van der Waals surface area contributed by atoms with Crippen molar-refractivity contribution >= 4 is 23.4 Å². The van der Waals surface area contributed by atoms with E-state index in [0.29, 0.717) is 16.8 Å². The molecule has 1 rings (SSSR count). The average molecular weight is 211 g/mol. The van der Waals surface area contributed by atoms with Crippen LogP contribution in [0.15, 0.2) is 12.1 Å². The third kappa shape index (κ3) is 2.15. The number of anilines is 1. The molecule has 72 valence electrons. The van der Waals surface area contributed by atoms with Crippen molar-refractivity contribution in [3.05, 3.63) is 28.3 Å². The highest BCUT2D eigenvalue weighted by Gasteiger charge is 2.07. The first-order valence-electron chi connectivity index (χ1n) is 3.75. The zero-order valence-corrected chi connectivity index (χ0v) is 8.09. The molecule has 0 aromatic heterocycles. The summed E-state index contributed by atoms with van der Waals surface area (Å²) >= 11 is 5.76. The quantitative estimate of drug-likeness (QED) is 0.748. The van der Waals surface area contributed by atoms with Crippen LogP contribution in [-0.2, 0) is 0 Å². The van der Waals surface area contributed by atoms with Crippen LogP contribution in [0.5, 0.6) is 0 Å². The van der Waals surface area contributed by atoms with Gasteiger partial charge in [-0.15, -0.1) is 0 Å². The molecule has 4 nitrogen and oxygen atoms in total. The van der Waals surface area contributed by atoms with Crippen LogP contribution < -0.4 is 5.32 Å². The van der Waals surface area contributed by atoms with Crippen LogP contribution in [0.4, 0.5) is 10.5 Å². The highest BCUT2D eigenvalue weighted by molar-refractivity contribution is 6.32. The van der Waals surface area contributed by atoms with Crippen molar-refractivity contribution in [3.63, 3.8) is 0 Å². The fourth-order valence-corrected chi connectivity index (χ4v) is 1.39. The van der Waals surface area contributed by atoms with Gasteiger partial charge in [0.15, 0.2) is 0 Å². The average Bonchev–Trinajstić information content (AvgIpc) is 2.01. The lowest BCUT2D eigenvalue weighted by atomic mass is 10.1. The van der Waals surface area contributed by atoms with Crippen molar-refractivity contribution in [2.24, 2.45) is 0 Å². The number of nitriles is 1. The molecule has 0 saturated heterocycles. The Bertz CT molecular complexity index is 400. The second kappa shape index (κ2) is 3.99. The maximum Gasteiger partial charge on any atom is 0.409 e. The number of nitrogens with zero attached hydrogens (tertiary/aromatic N) is 1. The summed E-state index contributed by atoms with van der Waals surface area (Å²) < 4.78 is 0. The minimum Gasteiger partial charge on any atom is -0.465 e. The van der Waals surface area contributed by atoms with Crippen molar-refractivity contribution in [2.45, 2.75) is 6.92 Å². The Morgan fingerprint density at radius 1 is 1.64 bits per heavy atom. The Morgan fingerprint density at radius 3 is 2.71 bits per heavy atom. The third-order valence-corrected chi connectivity index (χ3v) is 1.95. The van der Waals surface area contributed by atoms with Crippen LogP contribution in [-0.4, -0.2) is 11.2 Å². The number of nitrogens with one attached hydrogen (secondary N) is 1. The first kappa shape index (κ1) is 10.4. The predicted octanol–water partition coefficient (Wildman–Crippen LogP) is 2.61. The van der Waals surface area contributed by atoms with Gasteiger partial charge in [0.05, 0.1) is 10.6 Å². The molecular formula is C9H7ClN2O2. The van der Waals surface area contributed by atoms with Gasteiger partial charge < -0.3 is 5.11 Å². The number of carboxylic acid groups (broad SMARTS) is 1. The van der Waals surface area contributed by atoms with Crippen molar-refractivity contribution in [2.75, 3.05) is 5.32 Å². The largest absolute Gasteiger partial charge is 0.465 e. The lowest BCUT2D eigenvalue weighted by molar-refractivity contribution is 0.210. The van der Waals surface area contributed by atoms with Gasteiger partial charge in [-0.25, -0.2) is 4.79 Å². The molecule has 0 aliphatic rings. The van der Waals surface area contributed by atoms with Crippen LogP contribution in [0.1, 0.15) is 11.1 Å². The molecule has 0 spiro atoms. The Labute approximate surface area is 85.7 Å². The summed E-state index contributed by atoms with van der Waals surface area (Å²) in [5.41, 5.74) is 1.37. The van der Waals surface area contributed by atoms with Crippen molar-refractivity contribution in [3.8, 4) is 6.07 Å². The summed E-state index contributed by atoms with van der Waals surface area (Å²) in [6.45, 7) is 1.69. The van der Waals surface area contributed by atoms with Gasteiger partial charge in [0.25, 0.3) is 0 Å². The van der Waals surface area contributed by atoms with Crippen LogP contribution in [0, 0.1) is 18.3 Å². The summed E-state index contributed by atoms with van der Waals surface area (Å²) in [5.74, 6) is 0. The number of halogens is 1. The Kier molecular flexibility index (Phi) is 2.95. The fraction of sp³-hybridized carbons (Fsp3) is 0.111. The van der Waals surface area contributed by atoms with Gasteiger partial charge in [-0.05, 0) is 24.6 Å². The number of amides is 1. The number of aryl methyl sites for hydroxylation is 1. The molecule has 0 fully saturated rings. The SMILES string of the molecule is Cc1cc(NC(=O)O)cc(Cl)c1C#N. The lowest BCUT2D eigenvalue weighted by Crippen LogP contribution is -2.07. The molecule has 0 saturated carbocycles. The molecule has 1 aromatic rings. The molecule has 2 N–H and O–H groups in total. The Balaban J connectivity index is 3.15. The Hall–Kier alpha value is -1.73. The number of hydrogen-bond donors (Lipinski definition) is 2. The molecule has 1 amide bonds. The van der Waals surface area contributed by atoms with E-state index in [1.807, 2.05) is 6.07 Å². The minimum atomic E-state index is -1.16. The molecule has 14 heavy (non-hydrogen) atoms. The molecule has 5 heteroatoms. The molecular weight excluding hydrogens is 204 g/mol. The van der Waals surface area contributed by atoms with Gasteiger partial charge in [-0.3, -0.25) is 5.32 Å². The van der Waals surface area contributed by atoms with Crippen molar-refractivity contribution < 1.29 is 9.90 Å². The summed E-state index contributed by atoms with van der Waals surface area (Å²) in [6.07, 6.45) is -1.16. The number of rotatable bonds is 1. The van der Waals surface area contributed by atoms with Gasteiger partial charge in [0.2, 0.25) is 0 Å². The molecule has 0 radical (unpaired) electrons. The lowest BCUT2D eigenvalue weighted by Gasteiger charge is -2.05. The van der Waals surface area contributed by atoms with Crippen LogP contribution in [0.2, 0.25) is 5.02 Å². The molecule has 1 aromatic carbocycles. The highest BCUT2D eigenvalue weighted by Crippen LogP contribution is 2.24. The zero-order valence-electron chi connectivity index (χ0n) is 7.34. The maximum absolute atomic E-state index is 10.3. The molecule has 0 heterocycles. The molecule has 0 unspecified atom stereocenters. The van der Waals surface area contributed by atoms with E-state index in [0.717, 1.165) is 0 Å². The summed E-state index contributed by atoms with van der Waals surface area (Å²) in [6, 6.07) is 4.90. The smallest absolute Gasteiger partial charge is 0.409 e. The third-order valence-electron chi connectivity index (χ3n) is 1.65. The van der Waals surface area contributed by atoms with E-state index in [-0.39, 0.29) is 5.02 Å². The van der Waals surface area contributed by atoms with Crippen LogP contribution in [0.25, 0.3) is 0 Å². The van der Waals surface area contributed by atoms with E-state index in [1.54, 1.807) is 13.0 Å². The number of carbonyl (C=O) groups is 1. The van der Waals surface area contributed by atoms with Crippen LogP contribution in [0.3, 0.4) is 0 Å². The number of hydrogen-bond acceptors (Lipinski definition) is 2. The monoisotopic (exact) mass is 210 g/mol. The van der Waals surface area contributed by atoms with Crippen molar-refractivity contribution in [1.29, 1.82) is 5.26 Å². The van der Waals surface area contributed by atoms with Gasteiger partial charge in [0.1, 0.15) is 6.07 Å². The molecule has 0 bridgehead atoms. The standard InChI is InChI=1S/C9H7ClN2O2/c1-5-2-6(12-9(13)14)3-8(10)7(5)4-11/h2-3,12H,1H3,(H,13,14). The fourth-order valence-electron chi connectivity index (χ4n) is 1.08. The maximum atomic E-state index is 10.3. The normalized spacial score (nSPS) is 9.21. The zero-order chi connectivity index (χ0) is 10.7. The molecule has 0 aliphatic carbocycles. The topological polar surface area (TPSA) is 73.1 Å². The van der Waals surface area contributed by atoms with Gasteiger partial charge in [0, 0.05) is 5.69 Å². The van der Waals surface area contributed by atoms with E-state index in [9.17, 15) is 4.79 Å². The minimum absolute atomic E-state index is 0.247. The van der Waals surface area contributed by atoms with E-state index in [4.69, 9.17) is 22.0 Å². The first-order valence-corrected chi connectivity index (χ1v) is 4.12. The predicted molar refractivity (Wildman–Crippen MR) is 52.6 cm³/mol. The second-order valence-electron chi connectivity index (χ2n) is 2.69. The summed E-state index contributed by atoms with van der Waals surface area (Å²) in [5, 5.41) is 19.6. The van der Waals surface area contributed by atoms with Crippen molar-refractivity contribution in [1.82, 2.24) is 0 Å². The number of benzene rings is 1. The molecule has 0 aliphatic heterocycles. The summed E-state index contributed by atoms with van der Waals surface area (Å²) in [7, 11) is 0. The molecule has 0 atom stereocenters. The van der Waals surface area contributed by atoms with E-state index in [1.165, 1.54) is 6.07 Å². The highest BCUT2D eigenvalue weighted by atomic mass is 35.5. The van der Waals surface area contributed by atoms with Crippen LogP contribution >= 0.6 is 11.6 Å². The second-order valence-corrected chi connectivity index (χ2v) is 3.10. The van der Waals surface area contributed by atoms with E-state index < -0.39 is 6.09 Å². The first-order chi connectivity index (χ1) is 6.54. The van der Waals surface area contributed by atoms with Gasteiger partial charge in [-0.1, -0.05) is 11.6 Å². The Morgan fingerprint density at radius 2 is 2.29 bits per heavy atom. The van der Waals surface area contributed by atoms with E-state index >= 15 is 0 Å². The van der Waals surface area contributed by atoms with Gasteiger partial charge >= 0.3 is 6.09 Å².